The van der Waals surface area contributed by atoms with E-state index in [1.165, 1.54) is 12.1 Å². The lowest BCUT2D eigenvalue weighted by atomic mass is 10.0. The number of carbonyl (C=O) groups is 1. The van der Waals surface area contributed by atoms with Crippen molar-refractivity contribution in [3.63, 3.8) is 0 Å². The highest BCUT2D eigenvalue weighted by molar-refractivity contribution is 6.34. The van der Waals surface area contributed by atoms with Gasteiger partial charge < -0.3 is 14.8 Å². The van der Waals surface area contributed by atoms with Crippen LogP contribution in [0.2, 0.25) is 10.2 Å². The number of aryl methyl sites for hydroxylation is 1. The number of hydrogen-bond acceptors (Lipinski definition) is 4. The second kappa shape index (κ2) is 6.05. The molecule has 0 aromatic carbocycles. The van der Waals surface area contributed by atoms with E-state index in [9.17, 15) is 9.90 Å². The first-order valence-electron chi connectivity index (χ1n) is 6.19. The molecule has 0 aliphatic heterocycles. The fraction of sp³-hybridized carbons (Fsp3) is 0.286. The molecule has 2 heterocycles. The van der Waals surface area contributed by atoms with Crippen molar-refractivity contribution in [2.75, 3.05) is 6.54 Å². The maximum Gasteiger partial charge on any atom is 0.271 e. The maximum atomic E-state index is 12.0. The third-order valence-electron chi connectivity index (χ3n) is 2.89. The molecule has 2 N–H and O–H groups in total. The molecule has 0 aliphatic rings. The van der Waals surface area contributed by atoms with E-state index < -0.39 is 11.5 Å². The fourth-order valence-electron chi connectivity index (χ4n) is 1.72. The number of nitrogens with one attached hydrogen (secondary N) is 1. The maximum absolute atomic E-state index is 12.0. The molecular weight excluding hydrogens is 315 g/mol. The molecule has 5 nitrogen and oxygen atoms in total. The van der Waals surface area contributed by atoms with Gasteiger partial charge in [-0.3, -0.25) is 4.79 Å². The fourth-order valence-corrected chi connectivity index (χ4v) is 2.06. The molecule has 0 saturated heterocycles. The van der Waals surface area contributed by atoms with Crippen LogP contribution in [0, 0.1) is 6.92 Å². The zero-order valence-corrected chi connectivity index (χ0v) is 13.0. The highest BCUT2D eigenvalue weighted by atomic mass is 35.5. The Hall–Kier alpha value is -1.56. The van der Waals surface area contributed by atoms with E-state index in [-0.39, 0.29) is 22.4 Å². The van der Waals surface area contributed by atoms with Crippen LogP contribution in [0.1, 0.15) is 28.9 Å². The molecular formula is C14H14Cl2N2O3. The Morgan fingerprint density at radius 3 is 2.71 bits per heavy atom. The molecule has 21 heavy (non-hydrogen) atoms. The number of nitrogens with zero attached hydrogens (tertiary/aromatic N) is 1. The minimum Gasteiger partial charge on any atom is -0.463 e. The standard InChI is InChI=1S/C14H14Cl2N2O3/c1-8-3-5-10(21-8)14(2,20)7-17-13(19)12-9(15)4-6-11(16)18-12/h3-6,20H,7H2,1-2H3,(H,17,19). The summed E-state index contributed by atoms with van der Waals surface area (Å²) in [5, 5.41) is 13.2. The molecule has 0 fully saturated rings. The van der Waals surface area contributed by atoms with Crippen molar-refractivity contribution in [3.8, 4) is 0 Å². The minimum absolute atomic E-state index is 0.00981. The van der Waals surface area contributed by atoms with E-state index in [0.717, 1.165) is 0 Å². The number of halogens is 2. The number of furan rings is 1. The first-order chi connectivity index (χ1) is 9.79. The van der Waals surface area contributed by atoms with Crippen molar-refractivity contribution in [2.24, 2.45) is 0 Å². The zero-order valence-electron chi connectivity index (χ0n) is 11.5. The minimum atomic E-state index is -1.34. The van der Waals surface area contributed by atoms with Gasteiger partial charge in [-0.25, -0.2) is 4.98 Å². The summed E-state index contributed by atoms with van der Waals surface area (Å²) in [6, 6.07) is 6.37. The van der Waals surface area contributed by atoms with E-state index in [1.54, 1.807) is 26.0 Å². The van der Waals surface area contributed by atoms with Gasteiger partial charge in [0.15, 0.2) is 0 Å². The molecule has 2 aromatic heterocycles. The normalized spacial score (nSPS) is 13.8. The van der Waals surface area contributed by atoms with Gasteiger partial charge in [-0.1, -0.05) is 23.2 Å². The Morgan fingerprint density at radius 1 is 1.38 bits per heavy atom. The molecule has 2 rings (SSSR count). The van der Waals surface area contributed by atoms with Crippen LogP contribution in [0.3, 0.4) is 0 Å². The molecule has 0 bridgehead atoms. The summed E-state index contributed by atoms with van der Waals surface area (Å²) in [5.41, 5.74) is -1.33. The van der Waals surface area contributed by atoms with Crippen molar-refractivity contribution in [2.45, 2.75) is 19.4 Å². The molecule has 2 aromatic rings. The highest BCUT2D eigenvalue weighted by Crippen LogP contribution is 2.22. The number of carbonyl (C=O) groups excluding carboxylic acids is 1. The Labute approximate surface area is 131 Å². The molecule has 1 atom stereocenters. The van der Waals surface area contributed by atoms with Gasteiger partial charge in [0, 0.05) is 0 Å². The molecule has 112 valence electrons. The first kappa shape index (κ1) is 15.8. The smallest absolute Gasteiger partial charge is 0.271 e. The number of hydrogen-bond donors (Lipinski definition) is 2. The lowest BCUT2D eigenvalue weighted by Crippen LogP contribution is -2.38. The zero-order chi connectivity index (χ0) is 15.6. The average molecular weight is 329 g/mol. The monoisotopic (exact) mass is 328 g/mol. The van der Waals surface area contributed by atoms with Crippen molar-refractivity contribution < 1.29 is 14.3 Å². The topological polar surface area (TPSA) is 75.4 Å². The SMILES string of the molecule is Cc1ccc(C(C)(O)CNC(=O)c2nc(Cl)ccc2Cl)o1. The summed E-state index contributed by atoms with van der Waals surface area (Å²) in [6.45, 7) is 3.26. The number of pyridine rings is 1. The lowest BCUT2D eigenvalue weighted by molar-refractivity contribution is 0.0322. The Morgan fingerprint density at radius 2 is 2.10 bits per heavy atom. The predicted molar refractivity (Wildman–Crippen MR) is 79.6 cm³/mol. The van der Waals surface area contributed by atoms with Crippen molar-refractivity contribution in [1.82, 2.24) is 10.3 Å². The van der Waals surface area contributed by atoms with Gasteiger partial charge in [0.05, 0.1) is 11.6 Å². The van der Waals surface area contributed by atoms with E-state index in [2.05, 4.69) is 10.3 Å². The largest absolute Gasteiger partial charge is 0.463 e. The third-order valence-corrected chi connectivity index (χ3v) is 3.41. The summed E-state index contributed by atoms with van der Waals surface area (Å²) >= 11 is 11.6. The van der Waals surface area contributed by atoms with Gasteiger partial charge in [-0.15, -0.1) is 0 Å². The summed E-state index contributed by atoms with van der Waals surface area (Å²) in [7, 11) is 0. The van der Waals surface area contributed by atoms with Gasteiger partial charge in [0.1, 0.15) is 28.0 Å². The van der Waals surface area contributed by atoms with Crippen molar-refractivity contribution >= 4 is 29.1 Å². The molecule has 1 amide bonds. The molecule has 0 spiro atoms. The van der Waals surface area contributed by atoms with Crippen LogP contribution in [0.25, 0.3) is 0 Å². The van der Waals surface area contributed by atoms with Crippen LogP contribution in [0.5, 0.6) is 0 Å². The first-order valence-corrected chi connectivity index (χ1v) is 6.95. The number of aromatic nitrogens is 1. The number of aliphatic hydroxyl groups is 1. The van der Waals surface area contributed by atoms with Crippen LogP contribution in [0.4, 0.5) is 0 Å². The number of amides is 1. The van der Waals surface area contributed by atoms with Gasteiger partial charge in [-0.2, -0.15) is 0 Å². The van der Waals surface area contributed by atoms with Crippen LogP contribution in [-0.2, 0) is 5.60 Å². The predicted octanol–water partition coefficient (Wildman–Crippen LogP) is 2.93. The van der Waals surface area contributed by atoms with E-state index in [4.69, 9.17) is 27.6 Å². The van der Waals surface area contributed by atoms with Gasteiger partial charge in [0.25, 0.3) is 5.91 Å². The Balaban J connectivity index is 2.08. The molecule has 0 saturated carbocycles. The summed E-state index contributed by atoms with van der Waals surface area (Å²) in [4.78, 5) is 15.9. The second-order valence-electron chi connectivity index (χ2n) is 4.83. The summed E-state index contributed by atoms with van der Waals surface area (Å²) in [5.74, 6) is 0.521. The molecule has 0 aliphatic carbocycles. The van der Waals surface area contributed by atoms with E-state index >= 15 is 0 Å². The van der Waals surface area contributed by atoms with Gasteiger partial charge >= 0.3 is 0 Å². The second-order valence-corrected chi connectivity index (χ2v) is 5.63. The Bertz CT molecular complexity index is 668. The summed E-state index contributed by atoms with van der Waals surface area (Å²) < 4.78 is 5.37. The van der Waals surface area contributed by atoms with Gasteiger partial charge in [0.2, 0.25) is 0 Å². The van der Waals surface area contributed by atoms with Crippen molar-refractivity contribution in [1.29, 1.82) is 0 Å². The third kappa shape index (κ3) is 3.75. The van der Waals surface area contributed by atoms with E-state index in [0.29, 0.717) is 11.5 Å². The van der Waals surface area contributed by atoms with Crippen LogP contribution < -0.4 is 5.32 Å². The lowest BCUT2D eigenvalue weighted by Gasteiger charge is -2.21. The quantitative estimate of drug-likeness (QED) is 0.846. The highest BCUT2D eigenvalue weighted by Gasteiger charge is 2.28. The number of rotatable bonds is 4. The Kier molecular flexibility index (Phi) is 4.56. The van der Waals surface area contributed by atoms with Crippen LogP contribution >= 0.6 is 23.2 Å². The summed E-state index contributed by atoms with van der Waals surface area (Å²) in [6.07, 6.45) is 0. The van der Waals surface area contributed by atoms with Crippen LogP contribution in [-0.4, -0.2) is 22.5 Å². The molecule has 7 heteroatoms. The van der Waals surface area contributed by atoms with Crippen LogP contribution in [0.15, 0.2) is 28.7 Å². The van der Waals surface area contributed by atoms with Crippen molar-refractivity contribution in [3.05, 3.63) is 51.7 Å². The van der Waals surface area contributed by atoms with Gasteiger partial charge in [-0.05, 0) is 38.1 Å². The molecule has 0 radical (unpaired) electrons. The average Bonchev–Trinajstić information content (AvgIpc) is 2.86. The molecule has 1 unspecified atom stereocenters. The van der Waals surface area contributed by atoms with E-state index in [1.807, 2.05) is 0 Å².